The van der Waals surface area contributed by atoms with Crippen molar-refractivity contribution in [3.8, 4) is 11.5 Å². The topological polar surface area (TPSA) is 54.9 Å². The molecule has 0 saturated heterocycles. The molecular formula is C17H28IN3O2. The first-order chi connectivity index (χ1) is 10.7. The highest BCUT2D eigenvalue weighted by Gasteiger charge is 2.16. The van der Waals surface area contributed by atoms with Crippen LogP contribution in [0.15, 0.2) is 29.3 Å². The van der Waals surface area contributed by atoms with Crippen molar-refractivity contribution in [3.05, 3.63) is 24.3 Å². The number of aliphatic imine (C=N–C) groups is 1. The zero-order valence-corrected chi connectivity index (χ0v) is 16.5. The molecule has 0 spiro atoms. The molecule has 1 fully saturated rings. The molecule has 130 valence electrons. The van der Waals surface area contributed by atoms with Gasteiger partial charge in [-0.05, 0) is 44.0 Å². The van der Waals surface area contributed by atoms with Crippen molar-refractivity contribution in [2.75, 3.05) is 20.7 Å². The SMILES string of the molecule is CN=C(NCC(C)Oc1ccc(OC)cc1)NC1CCCC1.I. The van der Waals surface area contributed by atoms with Crippen LogP contribution in [0.1, 0.15) is 32.6 Å². The number of ether oxygens (including phenoxy) is 2. The fourth-order valence-corrected chi connectivity index (χ4v) is 2.63. The Morgan fingerprint density at radius 1 is 1.22 bits per heavy atom. The van der Waals surface area contributed by atoms with Crippen LogP contribution in [0.2, 0.25) is 0 Å². The van der Waals surface area contributed by atoms with Gasteiger partial charge in [0.25, 0.3) is 0 Å². The molecule has 0 aliphatic heterocycles. The second-order valence-corrected chi connectivity index (χ2v) is 5.68. The second-order valence-electron chi connectivity index (χ2n) is 5.68. The zero-order valence-electron chi connectivity index (χ0n) is 14.2. The molecule has 6 heteroatoms. The van der Waals surface area contributed by atoms with E-state index in [2.05, 4.69) is 15.6 Å². The molecule has 1 aliphatic carbocycles. The van der Waals surface area contributed by atoms with Crippen LogP contribution in [0.4, 0.5) is 0 Å². The predicted molar refractivity (Wildman–Crippen MR) is 105 cm³/mol. The molecule has 0 heterocycles. The normalized spacial score (nSPS) is 16.4. The van der Waals surface area contributed by atoms with E-state index in [1.54, 1.807) is 14.2 Å². The van der Waals surface area contributed by atoms with E-state index in [-0.39, 0.29) is 30.1 Å². The van der Waals surface area contributed by atoms with Crippen LogP contribution in [-0.2, 0) is 0 Å². The standard InChI is InChI=1S/C17H27N3O2.HI/c1-13(22-16-10-8-15(21-3)9-11-16)12-19-17(18-2)20-14-6-4-5-7-14;/h8-11,13-14H,4-7,12H2,1-3H3,(H2,18,19,20);1H. The Morgan fingerprint density at radius 2 is 1.83 bits per heavy atom. The lowest BCUT2D eigenvalue weighted by molar-refractivity contribution is 0.223. The van der Waals surface area contributed by atoms with Crippen LogP contribution in [0.5, 0.6) is 11.5 Å². The number of methoxy groups -OCH3 is 1. The van der Waals surface area contributed by atoms with E-state index in [1.807, 2.05) is 31.2 Å². The quantitative estimate of drug-likeness (QED) is 0.411. The highest BCUT2D eigenvalue weighted by molar-refractivity contribution is 14.0. The molecule has 1 unspecified atom stereocenters. The maximum atomic E-state index is 5.88. The Morgan fingerprint density at radius 3 is 2.39 bits per heavy atom. The minimum absolute atomic E-state index is 0. The summed E-state index contributed by atoms with van der Waals surface area (Å²) < 4.78 is 11.0. The maximum absolute atomic E-state index is 5.88. The van der Waals surface area contributed by atoms with Crippen molar-refractivity contribution in [3.63, 3.8) is 0 Å². The summed E-state index contributed by atoms with van der Waals surface area (Å²) >= 11 is 0. The van der Waals surface area contributed by atoms with Crippen LogP contribution in [0.3, 0.4) is 0 Å². The fourth-order valence-electron chi connectivity index (χ4n) is 2.63. The molecule has 0 amide bonds. The first-order valence-electron chi connectivity index (χ1n) is 7.99. The van der Waals surface area contributed by atoms with Crippen molar-refractivity contribution in [1.29, 1.82) is 0 Å². The van der Waals surface area contributed by atoms with Gasteiger partial charge in [-0.2, -0.15) is 0 Å². The van der Waals surface area contributed by atoms with Gasteiger partial charge in [0.15, 0.2) is 5.96 Å². The molecule has 1 aliphatic rings. The molecule has 2 N–H and O–H groups in total. The summed E-state index contributed by atoms with van der Waals surface area (Å²) in [6.45, 7) is 2.75. The first kappa shape index (κ1) is 19.9. The largest absolute Gasteiger partial charge is 0.497 e. The van der Waals surface area contributed by atoms with Gasteiger partial charge >= 0.3 is 0 Å². The molecule has 1 saturated carbocycles. The Kier molecular flexibility index (Phi) is 9.13. The lowest BCUT2D eigenvalue weighted by atomic mass is 10.2. The van der Waals surface area contributed by atoms with E-state index < -0.39 is 0 Å². The van der Waals surface area contributed by atoms with Crippen molar-refractivity contribution in [2.24, 2.45) is 4.99 Å². The van der Waals surface area contributed by atoms with E-state index in [1.165, 1.54) is 25.7 Å². The number of hydrogen-bond donors (Lipinski definition) is 2. The van der Waals surface area contributed by atoms with E-state index in [0.29, 0.717) is 12.6 Å². The fraction of sp³-hybridized carbons (Fsp3) is 0.588. The summed E-state index contributed by atoms with van der Waals surface area (Å²) in [7, 11) is 3.46. The number of nitrogens with one attached hydrogen (secondary N) is 2. The monoisotopic (exact) mass is 433 g/mol. The molecule has 0 aromatic heterocycles. The third-order valence-corrected chi connectivity index (χ3v) is 3.87. The summed E-state index contributed by atoms with van der Waals surface area (Å²) in [5.41, 5.74) is 0. The minimum atomic E-state index is 0. The van der Waals surface area contributed by atoms with Gasteiger partial charge in [0.05, 0.1) is 13.7 Å². The highest BCUT2D eigenvalue weighted by Crippen LogP contribution is 2.18. The smallest absolute Gasteiger partial charge is 0.191 e. The predicted octanol–water partition coefficient (Wildman–Crippen LogP) is 3.19. The molecule has 23 heavy (non-hydrogen) atoms. The summed E-state index contributed by atoms with van der Waals surface area (Å²) in [6, 6.07) is 8.19. The Balaban J connectivity index is 0.00000264. The van der Waals surface area contributed by atoms with Crippen LogP contribution in [0, 0.1) is 0 Å². The molecule has 1 aromatic carbocycles. The van der Waals surface area contributed by atoms with Gasteiger partial charge in [-0.25, -0.2) is 0 Å². The number of nitrogens with zero attached hydrogens (tertiary/aromatic N) is 1. The zero-order chi connectivity index (χ0) is 15.8. The maximum Gasteiger partial charge on any atom is 0.191 e. The second kappa shape index (κ2) is 10.6. The number of rotatable bonds is 6. The summed E-state index contributed by atoms with van der Waals surface area (Å²) in [5, 5.41) is 6.79. The third-order valence-electron chi connectivity index (χ3n) is 3.87. The van der Waals surface area contributed by atoms with E-state index >= 15 is 0 Å². The molecule has 1 aromatic rings. The first-order valence-corrected chi connectivity index (χ1v) is 7.99. The highest BCUT2D eigenvalue weighted by atomic mass is 127. The average molecular weight is 433 g/mol. The molecular weight excluding hydrogens is 405 g/mol. The Hall–Kier alpha value is -1.18. The third kappa shape index (κ3) is 6.85. The number of guanidine groups is 1. The summed E-state index contributed by atoms with van der Waals surface area (Å²) in [6.07, 6.45) is 5.14. The van der Waals surface area contributed by atoms with Crippen molar-refractivity contribution in [1.82, 2.24) is 10.6 Å². The van der Waals surface area contributed by atoms with Crippen LogP contribution in [0.25, 0.3) is 0 Å². The van der Waals surface area contributed by atoms with Crippen molar-refractivity contribution >= 4 is 29.9 Å². The molecule has 0 radical (unpaired) electrons. The van der Waals surface area contributed by atoms with Crippen LogP contribution >= 0.6 is 24.0 Å². The van der Waals surface area contributed by atoms with Crippen molar-refractivity contribution < 1.29 is 9.47 Å². The van der Waals surface area contributed by atoms with Crippen LogP contribution < -0.4 is 20.1 Å². The number of benzene rings is 1. The average Bonchev–Trinajstić information content (AvgIpc) is 3.05. The Labute approximate surface area is 156 Å². The van der Waals surface area contributed by atoms with Gasteiger partial charge in [-0.1, -0.05) is 12.8 Å². The number of hydrogen-bond acceptors (Lipinski definition) is 3. The van der Waals surface area contributed by atoms with E-state index in [4.69, 9.17) is 9.47 Å². The van der Waals surface area contributed by atoms with Gasteiger partial charge in [-0.3, -0.25) is 4.99 Å². The molecule has 5 nitrogen and oxygen atoms in total. The van der Waals surface area contributed by atoms with Crippen molar-refractivity contribution in [2.45, 2.75) is 44.8 Å². The van der Waals surface area contributed by atoms with Crippen LogP contribution in [-0.4, -0.2) is 38.8 Å². The number of halogens is 1. The molecule has 0 bridgehead atoms. The van der Waals surface area contributed by atoms with Gasteiger partial charge in [-0.15, -0.1) is 24.0 Å². The Bertz CT molecular complexity index is 473. The lowest BCUT2D eigenvalue weighted by Gasteiger charge is -2.20. The summed E-state index contributed by atoms with van der Waals surface area (Å²) in [5.74, 6) is 2.53. The van der Waals surface area contributed by atoms with Gasteiger partial charge in [0, 0.05) is 13.1 Å². The van der Waals surface area contributed by atoms with Gasteiger partial charge < -0.3 is 20.1 Å². The van der Waals surface area contributed by atoms with E-state index in [0.717, 1.165) is 17.5 Å². The van der Waals surface area contributed by atoms with E-state index in [9.17, 15) is 0 Å². The molecule has 2 rings (SSSR count). The van der Waals surface area contributed by atoms with Gasteiger partial charge in [0.2, 0.25) is 0 Å². The minimum Gasteiger partial charge on any atom is -0.497 e. The summed E-state index contributed by atoms with van der Waals surface area (Å²) in [4.78, 5) is 4.28. The lowest BCUT2D eigenvalue weighted by Crippen LogP contribution is -2.45. The molecule has 1 atom stereocenters. The van der Waals surface area contributed by atoms with Gasteiger partial charge in [0.1, 0.15) is 17.6 Å².